The number of hydrogen-bond donors (Lipinski definition) is 1. The van der Waals surface area contributed by atoms with Gasteiger partial charge in [0.05, 0.1) is 0 Å². The molecule has 0 spiro atoms. The Bertz CT molecular complexity index is 42.7. The molecule has 0 radical (unpaired) electrons. The van der Waals surface area contributed by atoms with Crippen LogP contribution < -0.4 is 24.8 Å². The van der Waals surface area contributed by atoms with Crippen LogP contribution in [0.4, 0.5) is 0 Å². The summed E-state index contributed by atoms with van der Waals surface area (Å²) in [4.78, 5) is 2.01. The first kappa shape index (κ1) is 7.65. The van der Waals surface area contributed by atoms with E-state index in [1.807, 2.05) is 11.9 Å². The Kier molecular flexibility index (Phi) is 5.25. The van der Waals surface area contributed by atoms with Gasteiger partial charge in [-0.15, -0.1) is 0 Å². The molecule has 0 saturated heterocycles. The van der Waals surface area contributed by atoms with Gasteiger partial charge >= 0.3 is 54.8 Å². The van der Waals surface area contributed by atoms with Crippen LogP contribution in [0.15, 0.2) is 0 Å². The standard InChI is InChI=1S/C4H11INO/c1-3-4-6(7)5-2/h6H,3-4H2,1-2H3/q-1. The van der Waals surface area contributed by atoms with E-state index in [0.717, 1.165) is 13.0 Å². The van der Waals surface area contributed by atoms with Crippen molar-refractivity contribution < 1.29 is 24.8 Å². The summed E-state index contributed by atoms with van der Waals surface area (Å²) in [6, 6.07) is 0. The van der Waals surface area contributed by atoms with Gasteiger partial charge in [0, 0.05) is 0 Å². The zero-order valence-electron chi connectivity index (χ0n) is 4.70. The summed E-state index contributed by atoms with van der Waals surface area (Å²) in [5.74, 6) is 0. The van der Waals surface area contributed by atoms with E-state index in [2.05, 4.69) is 0 Å². The van der Waals surface area contributed by atoms with Gasteiger partial charge in [0.1, 0.15) is 0 Å². The predicted octanol–water partition coefficient (Wildman–Crippen LogP) is -3.59. The Balaban J connectivity index is 2.83. The van der Waals surface area contributed by atoms with Gasteiger partial charge in [-0.25, -0.2) is 0 Å². The third-order valence-corrected chi connectivity index (χ3v) is 2.40. The Morgan fingerprint density at radius 2 is 2.29 bits per heavy atom. The minimum atomic E-state index is -0.101. The number of hydrogen-bond acceptors (Lipinski definition) is 1. The molecule has 1 unspecified atom stereocenters. The predicted molar refractivity (Wildman–Crippen MR) is 25.4 cm³/mol. The average Bonchev–Trinajstić information content (AvgIpc) is 1.68. The Morgan fingerprint density at radius 3 is 2.43 bits per heavy atom. The molecular weight excluding hydrogens is 205 g/mol. The van der Waals surface area contributed by atoms with Crippen molar-refractivity contribution in [1.29, 1.82) is 0 Å². The van der Waals surface area contributed by atoms with E-state index in [4.69, 9.17) is 0 Å². The zero-order valence-corrected chi connectivity index (χ0v) is 6.86. The second-order valence-corrected chi connectivity index (χ2v) is 3.58. The van der Waals surface area contributed by atoms with Crippen LogP contribution in [0.5, 0.6) is 0 Å². The van der Waals surface area contributed by atoms with Gasteiger partial charge in [-0.05, 0) is 0 Å². The van der Waals surface area contributed by atoms with Gasteiger partial charge in [0.2, 0.25) is 0 Å². The average molecular weight is 216 g/mol. The van der Waals surface area contributed by atoms with E-state index in [1.165, 1.54) is 0 Å². The van der Waals surface area contributed by atoms with E-state index in [-0.39, 0.29) is 21.5 Å². The van der Waals surface area contributed by atoms with Crippen LogP contribution in [0, 0.1) is 5.21 Å². The molecule has 0 bridgehead atoms. The van der Waals surface area contributed by atoms with Crippen LogP contribution in [-0.2, 0) is 0 Å². The van der Waals surface area contributed by atoms with Crippen molar-refractivity contribution in [1.82, 2.24) is 0 Å². The van der Waals surface area contributed by atoms with Gasteiger partial charge in [-0.2, -0.15) is 0 Å². The quantitative estimate of drug-likeness (QED) is 0.224. The van der Waals surface area contributed by atoms with Gasteiger partial charge in [-0.1, -0.05) is 0 Å². The van der Waals surface area contributed by atoms with E-state index in [1.54, 1.807) is 0 Å². The van der Waals surface area contributed by atoms with Gasteiger partial charge < -0.3 is 0 Å². The summed E-state index contributed by atoms with van der Waals surface area (Å²) in [5, 5.41) is 10.5. The zero-order chi connectivity index (χ0) is 5.70. The fourth-order valence-electron chi connectivity index (χ4n) is 0.291. The van der Waals surface area contributed by atoms with E-state index >= 15 is 0 Å². The SMILES string of the molecule is CCC[NH+]([O-])[I-]C. The molecule has 0 heterocycles. The summed E-state index contributed by atoms with van der Waals surface area (Å²) in [7, 11) is 0. The molecule has 0 aromatic rings. The molecule has 46 valence electrons. The summed E-state index contributed by atoms with van der Waals surface area (Å²) < 4.78 is 0.487. The molecule has 0 aliphatic carbocycles. The van der Waals surface area contributed by atoms with E-state index in [9.17, 15) is 5.21 Å². The molecule has 0 fully saturated rings. The third kappa shape index (κ3) is 4.50. The van der Waals surface area contributed by atoms with E-state index < -0.39 is 0 Å². The molecule has 3 heteroatoms. The normalized spacial score (nSPS) is 14.7. The maximum atomic E-state index is 10.5. The van der Waals surface area contributed by atoms with Crippen molar-refractivity contribution in [3.63, 3.8) is 0 Å². The number of hydroxylamine groups is 1. The third-order valence-electron chi connectivity index (χ3n) is 0.657. The first-order valence-corrected chi connectivity index (χ1v) is 5.57. The Hall–Kier alpha value is 0.650. The van der Waals surface area contributed by atoms with Crippen molar-refractivity contribution in [2.45, 2.75) is 13.3 Å². The molecule has 7 heavy (non-hydrogen) atoms. The molecule has 1 atom stereocenters. The molecule has 0 aliphatic heterocycles. The number of rotatable bonds is 3. The number of alkyl halides is 1. The van der Waals surface area contributed by atoms with Gasteiger partial charge in [0.15, 0.2) is 0 Å². The minimum absolute atomic E-state index is 0.101. The van der Waals surface area contributed by atoms with Crippen LogP contribution in [0.3, 0.4) is 0 Å². The Morgan fingerprint density at radius 1 is 1.71 bits per heavy atom. The Labute approximate surface area is 55.1 Å². The molecule has 0 aliphatic rings. The van der Waals surface area contributed by atoms with Crippen molar-refractivity contribution in [2.75, 3.05) is 11.5 Å². The molecule has 0 rings (SSSR count). The molecule has 0 aromatic heterocycles. The monoisotopic (exact) mass is 216 g/mol. The van der Waals surface area contributed by atoms with Crippen LogP contribution in [0.1, 0.15) is 13.3 Å². The van der Waals surface area contributed by atoms with Gasteiger partial charge in [0.25, 0.3) is 0 Å². The van der Waals surface area contributed by atoms with Crippen molar-refractivity contribution in [2.24, 2.45) is 0 Å². The van der Waals surface area contributed by atoms with Crippen molar-refractivity contribution >= 4 is 0 Å². The van der Waals surface area contributed by atoms with Crippen LogP contribution in [0.25, 0.3) is 0 Å². The molecule has 2 nitrogen and oxygen atoms in total. The van der Waals surface area contributed by atoms with Crippen LogP contribution in [-0.4, -0.2) is 11.5 Å². The first-order chi connectivity index (χ1) is 3.31. The summed E-state index contributed by atoms with van der Waals surface area (Å²) >= 11 is -0.101. The summed E-state index contributed by atoms with van der Waals surface area (Å²) in [6.45, 7) is 2.85. The van der Waals surface area contributed by atoms with Crippen molar-refractivity contribution in [3.05, 3.63) is 5.21 Å². The van der Waals surface area contributed by atoms with Crippen molar-refractivity contribution in [3.8, 4) is 0 Å². The van der Waals surface area contributed by atoms with Gasteiger partial charge in [-0.3, -0.25) is 0 Å². The number of quaternary nitrogens is 1. The van der Waals surface area contributed by atoms with Crippen LogP contribution in [0.2, 0.25) is 0 Å². The fraction of sp³-hybridized carbons (Fsp3) is 1.00. The summed E-state index contributed by atoms with van der Waals surface area (Å²) in [5.41, 5.74) is 0. The topological polar surface area (TPSA) is 27.5 Å². The summed E-state index contributed by atoms with van der Waals surface area (Å²) in [6.07, 6.45) is 1.02. The molecular formula is C4H11INO-. The second-order valence-electron chi connectivity index (χ2n) is 1.29. The second kappa shape index (κ2) is 4.80. The maximum absolute atomic E-state index is 10.5. The number of nitrogens with one attached hydrogen (secondary N) is 1. The van der Waals surface area contributed by atoms with Crippen LogP contribution >= 0.6 is 0 Å². The van der Waals surface area contributed by atoms with E-state index in [0.29, 0.717) is 3.28 Å². The number of halogens is 1. The molecule has 0 amide bonds. The molecule has 0 aromatic carbocycles. The first-order valence-electron chi connectivity index (χ1n) is 2.33. The fourth-order valence-corrected chi connectivity index (χ4v) is 1.37. The molecule has 1 N–H and O–H groups in total. The molecule has 0 saturated carbocycles.